The lowest BCUT2D eigenvalue weighted by molar-refractivity contribution is 0.416. The second kappa shape index (κ2) is 5.98. The number of nitrogens with one attached hydrogen (secondary N) is 1. The molecule has 0 bridgehead atoms. The van der Waals surface area contributed by atoms with Crippen molar-refractivity contribution in [3.8, 4) is 17.1 Å². The molecule has 2 heterocycles. The Hall–Kier alpha value is -2.67. The van der Waals surface area contributed by atoms with Gasteiger partial charge in [-0.15, -0.1) is 0 Å². The topological polar surface area (TPSA) is 68.3 Å². The number of para-hydroxylation sites is 1. The Morgan fingerprint density at radius 2 is 2.14 bits per heavy atom. The number of aromatic nitrogens is 3. The third-order valence-corrected chi connectivity index (χ3v) is 3.32. The lowest BCUT2D eigenvalue weighted by atomic mass is 10.2. The van der Waals surface area contributed by atoms with E-state index < -0.39 is 0 Å². The minimum atomic E-state index is 0.389. The van der Waals surface area contributed by atoms with Crippen molar-refractivity contribution < 1.29 is 9.15 Å². The van der Waals surface area contributed by atoms with E-state index in [0.717, 1.165) is 11.3 Å². The molecule has 1 N–H and O–H groups in total. The summed E-state index contributed by atoms with van der Waals surface area (Å²) in [6.07, 6.45) is 1.59. The van der Waals surface area contributed by atoms with Crippen LogP contribution in [0.25, 0.3) is 11.4 Å². The molecule has 0 unspecified atom stereocenters. The molecule has 0 spiro atoms. The molecule has 0 saturated heterocycles. The van der Waals surface area contributed by atoms with Crippen molar-refractivity contribution in [2.75, 3.05) is 7.11 Å². The van der Waals surface area contributed by atoms with Crippen LogP contribution in [0, 0.1) is 11.7 Å². The Morgan fingerprint density at radius 3 is 2.86 bits per heavy atom. The Labute approximate surface area is 132 Å². The van der Waals surface area contributed by atoms with E-state index in [4.69, 9.17) is 21.4 Å². The van der Waals surface area contributed by atoms with Crippen LogP contribution in [0.2, 0.25) is 0 Å². The largest absolute Gasteiger partial charge is 0.496 e. The van der Waals surface area contributed by atoms with Crippen LogP contribution in [0.3, 0.4) is 0 Å². The molecular weight excluding hydrogens is 300 g/mol. The highest BCUT2D eigenvalue weighted by Crippen LogP contribution is 2.27. The highest BCUT2D eigenvalue weighted by Gasteiger charge is 2.12. The first kappa shape index (κ1) is 14.3. The smallest absolute Gasteiger partial charge is 0.216 e. The minimum absolute atomic E-state index is 0.389. The van der Waals surface area contributed by atoms with Gasteiger partial charge in [-0.1, -0.05) is 12.1 Å². The molecule has 0 aliphatic rings. The number of hydrogen-bond donors (Lipinski definition) is 1. The van der Waals surface area contributed by atoms with Crippen LogP contribution in [-0.4, -0.2) is 28.2 Å². The standard InChI is InChI=1S/C15H14N4O2S/c1-10-7-8-11(21-10)9-16-19-14(17-18-15(19)22)12-5-3-4-6-13(12)20-2/h3-9H,1-2H3,(H,18,22)/b16-9-. The molecule has 0 fully saturated rings. The summed E-state index contributed by atoms with van der Waals surface area (Å²) in [6.45, 7) is 1.88. The maximum absolute atomic E-state index is 5.46. The zero-order valence-electron chi connectivity index (χ0n) is 12.1. The van der Waals surface area contributed by atoms with Crippen LogP contribution in [-0.2, 0) is 0 Å². The van der Waals surface area contributed by atoms with Gasteiger partial charge in [0.25, 0.3) is 0 Å². The molecule has 6 nitrogen and oxygen atoms in total. The lowest BCUT2D eigenvalue weighted by Crippen LogP contribution is -1.96. The van der Waals surface area contributed by atoms with Crippen molar-refractivity contribution in [1.29, 1.82) is 0 Å². The minimum Gasteiger partial charge on any atom is -0.496 e. The average Bonchev–Trinajstić information content (AvgIpc) is 3.11. The van der Waals surface area contributed by atoms with Gasteiger partial charge in [0.1, 0.15) is 17.3 Å². The van der Waals surface area contributed by atoms with Gasteiger partial charge in [0.05, 0.1) is 18.9 Å². The molecule has 0 radical (unpaired) electrons. The van der Waals surface area contributed by atoms with Crippen LogP contribution in [0.15, 0.2) is 45.9 Å². The number of furan rings is 1. The van der Waals surface area contributed by atoms with Gasteiger partial charge in [-0.25, -0.2) is 5.10 Å². The van der Waals surface area contributed by atoms with Crippen LogP contribution in [0.5, 0.6) is 5.75 Å². The molecule has 112 valence electrons. The van der Waals surface area contributed by atoms with Gasteiger partial charge in [-0.2, -0.15) is 14.9 Å². The molecule has 3 rings (SSSR count). The van der Waals surface area contributed by atoms with Gasteiger partial charge in [0, 0.05) is 0 Å². The van der Waals surface area contributed by atoms with E-state index in [1.54, 1.807) is 13.3 Å². The number of aryl methyl sites for hydroxylation is 1. The highest BCUT2D eigenvalue weighted by molar-refractivity contribution is 7.71. The Morgan fingerprint density at radius 1 is 1.32 bits per heavy atom. The van der Waals surface area contributed by atoms with E-state index >= 15 is 0 Å². The summed E-state index contributed by atoms with van der Waals surface area (Å²) in [4.78, 5) is 0. The zero-order chi connectivity index (χ0) is 15.5. The number of ether oxygens (including phenoxy) is 1. The number of rotatable bonds is 4. The predicted octanol–water partition coefficient (Wildman–Crippen LogP) is 3.40. The number of H-pyrrole nitrogens is 1. The summed E-state index contributed by atoms with van der Waals surface area (Å²) in [5.74, 6) is 2.73. The van der Waals surface area contributed by atoms with Gasteiger partial charge in [-0.05, 0) is 43.4 Å². The van der Waals surface area contributed by atoms with Crippen molar-refractivity contribution in [3.63, 3.8) is 0 Å². The number of nitrogens with zero attached hydrogens (tertiary/aromatic N) is 3. The second-order valence-electron chi connectivity index (χ2n) is 4.56. The van der Waals surface area contributed by atoms with Gasteiger partial charge in [0.15, 0.2) is 5.82 Å². The highest BCUT2D eigenvalue weighted by atomic mass is 32.1. The summed E-state index contributed by atoms with van der Waals surface area (Å²) in [7, 11) is 1.61. The van der Waals surface area contributed by atoms with E-state index in [0.29, 0.717) is 22.1 Å². The summed E-state index contributed by atoms with van der Waals surface area (Å²) >= 11 is 5.23. The number of aromatic amines is 1. The first-order valence-corrected chi connectivity index (χ1v) is 7.01. The fourth-order valence-corrected chi connectivity index (χ4v) is 2.22. The van der Waals surface area contributed by atoms with Gasteiger partial charge >= 0.3 is 0 Å². The fraction of sp³-hybridized carbons (Fsp3) is 0.133. The molecule has 22 heavy (non-hydrogen) atoms. The summed E-state index contributed by atoms with van der Waals surface area (Å²) in [5.41, 5.74) is 0.796. The number of hydrogen-bond acceptors (Lipinski definition) is 5. The number of methoxy groups -OCH3 is 1. The molecule has 0 aliphatic carbocycles. The van der Waals surface area contributed by atoms with Crippen LogP contribution >= 0.6 is 12.2 Å². The molecular formula is C15H14N4O2S. The van der Waals surface area contributed by atoms with Crippen LogP contribution < -0.4 is 4.74 Å². The summed E-state index contributed by atoms with van der Waals surface area (Å²) < 4.78 is 12.7. The predicted molar refractivity (Wildman–Crippen MR) is 85.8 cm³/mol. The van der Waals surface area contributed by atoms with E-state index in [2.05, 4.69) is 15.3 Å². The van der Waals surface area contributed by atoms with Crippen molar-refractivity contribution in [2.24, 2.45) is 5.10 Å². The summed E-state index contributed by atoms with van der Waals surface area (Å²) in [5, 5.41) is 11.3. The number of benzene rings is 1. The average molecular weight is 314 g/mol. The molecule has 0 atom stereocenters. The van der Waals surface area contributed by atoms with Gasteiger partial charge in [-0.3, -0.25) is 0 Å². The van der Waals surface area contributed by atoms with Gasteiger partial charge in [0.2, 0.25) is 4.77 Å². The SMILES string of the molecule is COc1ccccc1-c1n[nH]c(=S)n1/N=C\c1ccc(C)o1. The Bertz CT molecular complexity index is 876. The van der Waals surface area contributed by atoms with E-state index in [1.807, 2.05) is 43.3 Å². The third kappa shape index (κ3) is 2.71. The van der Waals surface area contributed by atoms with Crippen molar-refractivity contribution in [1.82, 2.24) is 14.9 Å². The molecule has 2 aromatic heterocycles. The fourth-order valence-electron chi connectivity index (χ4n) is 2.04. The molecule has 0 amide bonds. The first-order chi connectivity index (χ1) is 10.7. The quantitative estimate of drug-likeness (QED) is 0.592. The monoisotopic (exact) mass is 314 g/mol. The normalized spacial score (nSPS) is 11.2. The lowest BCUT2D eigenvalue weighted by Gasteiger charge is -2.06. The Balaban J connectivity index is 2.04. The molecule has 0 aliphatic heterocycles. The maximum Gasteiger partial charge on any atom is 0.216 e. The molecule has 3 aromatic rings. The van der Waals surface area contributed by atoms with Crippen molar-refractivity contribution in [2.45, 2.75) is 6.92 Å². The van der Waals surface area contributed by atoms with Crippen LogP contribution in [0.4, 0.5) is 0 Å². The van der Waals surface area contributed by atoms with Crippen molar-refractivity contribution >= 4 is 18.4 Å². The van der Waals surface area contributed by atoms with E-state index in [-0.39, 0.29) is 0 Å². The summed E-state index contributed by atoms with van der Waals surface area (Å²) in [6, 6.07) is 11.3. The Kier molecular flexibility index (Phi) is 3.88. The van der Waals surface area contributed by atoms with Gasteiger partial charge < -0.3 is 9.15 Å². The molecule has 0 saturated carbocycles. The molecule has 1 aromatic carbocycles. The van der Waals surface area contributed by atoms with E-state index in [9.17, 15) is 0 Å². The maximum atomic E-state index is 5.46. The third-order valence-electron chi connectivity index (χ3n) is 3.06. The van der Waals surface area contributed by atoms with Crippen molar-refractivity contribution in [3.05, 3.63) is 52.7 Å². The second-order valence-corrected chi connectivity index (χ2v) is 4.94. The van der Waals surface area contributed by atoms with Crippen LogP contribution in [0.1, 0.15) is 11.5 Å². The first-order valence-electron chi connectivity index (χ1n) is 6.60. The van der Waals surface area contributed by atoms with E-state index in [1.165, 1.54) is 4.68 Å². The zero-order valence-corrected chi connectivity index (χ0v) is 12.9. The molecule has 7 heteroatoms.